The molecule has 0 aliphatic carbocycles. The van der Waals surface area contributed by atoms with E-state index in [2.05, 4.69) is 27.5 Å². The number of benzene rings is 1. The summed E-state index contributed by atoms with van der Waals surface area (Å²) in [4.78, 5) is 2.31. The normalized spacial score (nSPS) is 18.0. The van der Waals surface area contributed by atoms with E-state index in [0.29, 0.717) is 29.0 Å². The van der Waals surface area contributed by atoms with E-state index in [1.165, 1.54) is 13.2 Å². The number of piperidine rings is 1. The maximum atomic E-state index is 14.8. The summed E-state index contributed by atoms with van der Waals surface area (Å²) in [6.45, 7) is 3.95. The van der Waals surface area contributed by atoms with Gasteiger partial charge in [0, 0.05) is 30.4 Å². The van der Waals surface area contributed by atoms with Crippen LogP contribution in [0.15, 0.2) is 30.5 Å². The summed E-state index contributed by atoms with van der Waals surface area (Å²) < 4.78 is 21.9. The fourth-order valence-corrected chi connectivity index (χ4v) is 3.83. The third kappa shape index (κ3) is 3.35. The van der Waals surface area contributed by atoms with Crippen molar-refractivity contribution in [3.8, 4) is 17.0 Å². The maximum Gasteiger partial charge on any atom is 0.228 e. The van der Waals surface area contributed by atoms with Crippen LogP contribution < -0.4 is 10.1 Å². The van der Waals surface area contributed by atoms with Crippen molar-refractivity contribution >= 4 is 11.5 Å². The van der Waals surface area contributed by atoms with Gasteiger partial charge in [-0.15, -0.1) is 10.2 Å². The number of fused-ring (bicyclic) bond motifs is 1. The maximum absolute atomic E-state index is 14.8. The largest absolute Gasteiger partial charge is 0.497 e. The number of hydrogen-bond donors (Lipinski definition) is 1. The first-order valence-electron chi connectivity index (χ1n) is 9.20. The summed E-state index contributed by atoms with van der Waals surface area (Å²) in [6, 6.07) is 7.38. The van der Waals surface area contributed by atoms with Crippen LogP contribution in [-0.2, 0) is 0 Å². The fraction of sp³-hybridized carbons (Fsp3) is 0.400. The third-order valence-electron chi connectivity index (χ3n) is 5.16. The zero-order valence-corrected chi connectivity index (χ0v) is 15.9. The molecule has 1 aromatic carbocycles. The highest BCUT2D eigenvalue weighted by Crippen LogP contribution is 2.32. The van der Waals surface area contributed by atoms with Gasteiger partial charge in [0.2, 0.25) is 5.95 Å². The van der Waals surface area contributed by atoms with E-state index in [1.807, 2.05) is 35.7 Å². The molecule has 27 heavy (non-hydrogen) atoms. The molecule has 0 saturated carbocycles. The molecule has 0 unspecified atom stereocenters. The van der Waals surface area contributed by atoms with Crippen LogP contribution in [0.1, 0.15) is 18.4 Å². The summed E-state index contributed by atoms with van der Waals surface area (Å²) in [6.07, 6.45) is 4.19. The number of aromatic nitrogens is 3. The summed E-state index contributed by atoms with van der Waals surface area (Å²) in [7, 11) is 3.66. The van der Waals surface area contributed by atoms with Gasteiger partial charge < -0.3 is 15.0 Å². The van der Waals surface area contributed by atoms with Crippen molar-refractivity contribution in [2.24, 2.45) is 0 Å². The molecule has 1 fully saturated rings. The number of likely N-dealkylation sites (N-methyl/N-ethyl adjacent to an activating group) is 1. The molecule has 1 atom stereocenters. The predicted molar refractivity (Wildman–Crippen MR) is 104 cm³/mol. The molecule has 1 aliphatic heterocycles. The molecule has 7 heteroatoms. The molecule has 1 saturated heterocycles. The van der Waals surface area contributed by atoms with E-state index in [1.54, 1.807) is 0 Å². The molecule has 3 aromatic rings. The topological polar surface area (TPSA) is 54.7 Å². The van der Waals surface area contributed by atoms with Crippen molar-refractivity contribution in [3.63, 3.8) is 0 Å². The monoisotopic (exact) mass is 369 g/mol. The predicted octanol–water partition coefficient (Wildman–Crippen LogP) is 3.36. The lowest BCUT2D eigenvalue weighted by Crippen LogP contribution is -2.40. The van der Waals surface area contributed by atoms with Crippen LogP contribution >= 0.6 is 0 Å². The number of likely N-dealkylation sites (tertiary alicyclic amines) is 1. The minimum absolute atomic E-state index is 0.328. The second-order valence-electron chi connectivity index (χ2n) is 7.18. The van der Waals surface area contributed by atoms with E-state index in [9.17, 15) is 4.39 Å². The van der Waals surface area contributed by atoms with Gasteiger partial charge in [0.05, 0.1) is 12.6 Å². The van der Waals surface area contributed by atoms with Crippen molar-refractivity contribution in [3.05, 3.63) is 41.8 Å². The first-order chi connectivity index (χ1) is 13.1. The molecule has 3 heterocycles. The molecular formula is C20H24FN5O. The molecular weight excluding hydrogens is 345 g/mol. The van der Waals surface area contributed by atoms with Crippen molar-refractivity contribution in [1.29, 1.82) is 0 Å². The molecule has 6 nitrogen and oxygen atoms in total. The summed E-state index contributed by atoms with van der Waals surface area (Å²) in [5, 5.41) is 12.3. The average Bonchev–Trinajstić information content (AvgIpc) is 3.13. The molecule has 1 N–H and O–H groups in total. The summed E-state index contributed by atoms with van der Waals surface area (Å²) in [5.41, 5.74) is 2.57. The second-order valence-corrected chi connectivity index (χ2v) is 7.18. The SMILES string of the molecule is COc1cc(C)c(-c2nnc(N[C@@H]3CCCN(C)C3)n3cccc23)c(F)c1. The Labute approximate surface area is 158 Å². The van der Waals surface area contributed by atoms with Gasteiger partial charge in [-0.25, -0.2) is 4.39 Å². The van der Waals surface area contributed by atoms with Gasteiger partial charge in [0.15, 0.2) is 0 Å². The van der Waals surface area contributed by atoms with Crippen LogP contribution in [0.3, 0.4) is 0 Å². The Balaban J connectivity index is 1.74. The Kier molecular flexibility index (Phi) is 4.70. The lowest BCUT2D eigenvalue weighted by atomic mass is 10.0. The van der Waals surface area contributed by atoms with Crippen molar-refractivity contribution < 1.29 is 9.13 Å². The van der Waals surface area contributed by atoms with Crippen molar-refractivity contribution in [1.82, 2.24) is 19.5 Å². The van der Waals surface area contributed by atoms with Crippen LogP contribution in [0, 0.1) is 12.7 Å². The first-order valence-corrected chi connectivity index (χ1v) is 9.20. The number of ether oxygens (including phenoxy) is 1. The number of hydrogen-bond acceptors (Lipinski definition) is 5. The van der Waals surface area contributed by atoms with Crippen LogP contribution in [0.4, 0.5) is 10.3 Å². The lowest BCUT2D eigenvalue weighted by Gasteiger charge is -2.30. The zero-order chi connectivity index (χ0) is 19.0. The first kappa shape index (κ1) is 17.7. The Morgan fingerprint density at radius 3 is 2.89 bits per heavy atom. The van der Waals surface area contributed by atoms with Gasteiger partial charge >= 0.3 is 0 Å². The van der Waals surface area contributed by atoms with Crippen LogP contribution in [-0.4, -0.2) is 52.8 Å². The molecule has 4 rings (SSSR count). The number of aryl methyl sites for hydroxylation is 1. The van der Waals surface area contributed by atoms with E-state index in [-0.39, 0.29) is 5.82 Å². The summed E-state index contributed by atoms with van der Waals surface area (Å²) >= 11 is 0. The third-order valence-corrected chi connectivity index (χ3v) is 5.16. The highest BCUT2D eigenvalue weighted by molar-refractivity contribution is 5.80. The fourth-order valence-electron chi connectivity index (χ4n) is 3.83. The van der Waals surface area contributed by atoms with Crippen molar-refractivity contribution in [2.75, 3.05) is 32.6 Å². The van der Waals surface area contributed by atoms with Crippen LogP contribution in [0.5, 0.6) is 5.75 Å². The average molecular weight is 369 g/mol. The quantitative estimate of drug-likeness (QED) is 0.764. The Bertz CT molecular complexity index is 947. The minimum Gasteiger partial charge on any atom is -0.497 e. The molecule has 0 radical (unpaired) electrons. The van der Waals surface area contributed by atoms with Crippen LogP contribution in [0.2, 0.25) is 0 Å². The molecule has 1 aliphatic rings. The van der Waals surface area contributed by atoms with Crippen LogP contribution in [0.25, 0.3) is 16.8 Å². The van der Waals surface area contributed by atoms with E-state index < -0.39 is 0 Å². The van der Waals surface area contributed by atoms with Crippen molar-refractivity contribution in [2.45, 2.75) is 25.8 Å². The standard InChI is InChI=1S/C20H24FN5O/c1-13-10-15(27-3)11-16(21)18(13)19-17-7-5-9-26(17)20(24-23-19)22-14-6-4-8-25(2)12-14/h5,7,9-11,14H,4,6,8,12H2,1-3H3,(H,22,24)/t14-/m1/s1. The van der Waals surface area contributed by atoms with Gasteiger partial charge in [0.1, 0.15) is 17.3 Å². The molecule has 0 bridgehead atoms. The Morgan fingerprint density at radius 2 is 2.15 bits per heavy atom. The minimum atomic E-state index is -0.362. The second kappa shape index (κ2) is 7.15. The molecule has 0 spiro atoms. The number of halogens is 1. The number of anilines is 1. The number of nitrogens with one attached hydrogen (secondary N) is 1. The molecule has 2 aromatic heterocycles. The molecule has 0 amide bonds. The smallest absolute Gasteiger partial charge is 0.228 e. The van der Waals surface area contributed by atoms with Gasteiger partial charge in [-0.05, 0) is 57.1 Å². The van der Waals surface area contributed by atoms with Gasteiger partial charge in [-0.2, -0.15) is 0 Å². The zero-order valence-electron chi connectivity index (χ0n) is 15.9. The highest BCUT2D eigenvalue weighted by Gasteiger charge is 2.21. The number of methoxy groups -OCH3 is 1. The number of rotatable bonds is 4. The number of nitrogens with zero attached hydrogens (tertiary/aromatic N) is 4. The highest BCUT2D eigenvalue weighted by atomic mass is 19.1. The lowest BCUT2D eigenvalue weighted by molar-refractivity contribution is 0.260. The molecule has 142 valence electrons. The van der Waals surface area contributed by atoms with Gasteiger partial charge in [-0.3, -0.25) is 4.40 Å². The summed E-state index contributed by atoms with van der Waals surface area (Å²) in [5.74, 6) is 0.817. The van der Waals surface area contributed by atoms with E-state index in [4.69, 9.17) is 4.74 Å². The van der Waals surface area contributed by atoms with E-state index in [0.717, 1.165) is 37.0 Å². The van der Waals surface area contributed by atoms with E-state index >= 15 is 0 Å². The Morgan fingerprint density at radius 1 is 1.30 bits per heavy atom. The van der Waals surface area contributed by atoms with Gasteiger partial charge in [0.25, 0.3) is 0 Å². The van der Waals surface area contributed by atoms with Gasteiger partial charge in [-0.1, -0.05) is 0 Å². The Hall–Kier alpha value is -2.67.